The predicted octanol–water partition coefficient (Wildman–Crippen LogP) is 2.40. The number of nitrogens with one attached hydrogen (secondary N) is 1. The summed E-state index contributed by atoms with van der Waals surface area (Å²) >= 11 is 0. The summed E-state index contributed by atoms with van der Waals surface area (Å²) in [5, 5.41) is 12.5. The number of piperidine rings is 1. The second-order valence-electron chi connectivity index (χ2n) is 6.66. The Labute approximate surface area is 124 Å². The molecule has 0 aromatic carbocycles. The van der Waals surface area contributed by atoms with E-state index in [1.807, 2.05) is 4.90 Å². The van der Waals surface area contributed by atoms with E-state index in [1.54, 1.807) is 0 Å². The lowest BCUT2D eigenvalue weighted by molar-refractivity contribution is -0.149. The lowest BCUT2D eigenvalue weighted by atomic mass is 9.91. The molecule has 1 heterocycles. The van der Waals surface area contributed by atoms with E-state index in [1.165, 1.54) is 25.7 Å². The molecule has 124 valence electrons. The van der Waals surface area contributed by atoms with Crippen LogP contribution in [0.15, 0.2) is 0 Å². The summed E-state index contributed by atoms with van der Waals surface area (Å²) in [4.78, 5) is 1.96. The average molecular weight is 308 g/mol. The Morgan fingerprint density at radius 1 is 1.10 bits per heavy atom. The smallest absolute Gasteiger partial charge is 0.389 e. The van der Waals surface area contributed by atoms with Crippen LogP contribution in [0.1, 0.15) is 38.5 Å². The van der Waals surface area contributed by atoms with Gasteiger partial charge in [0, 0.05) is 32.1 Å². The summed E-state index contributed by atoms with van der Waals surface area (Å²) in [5.74, 6) is 0.339. The molecule has 1 saturated heterocycles. The van der Waals surface area contributed by atoms with Crippen molar-refractivity contribution >= 4 is 0 Å². The number of hydrogen-bond donors (Lipinski definition) is 2. The molecule has 2 rings (SSSR count). The summed E-state index contributed by atoms with van der Waals surface area (Å²) in [6.45, 7) is 2.60. The number of nitrogens with zero attached hydrogens (tertiary/aromatic N) is 1. The van der Waals surface area contributed by atoms with E-state index in [4.69, 9.17) is 5.11 Å². The molecule has 21 heavy (non-hydrogen) atoms. The van der Waals surface area contributed by atoms with Gasteiger partial charge >= 0.3 is 6.18 Å². The van der Waals surface area contributed by atoms with E-state index in [-0.39, 0.29) is 18.6 Å². The van der Waals surface area contributed by atoms with Crippen LogP contribution in [-0.4, -0.2) is 55.0 Å². The number of halogens is 3. The molecule has 0 spiro atoms. The van der Waals surface area contributed by atoms with E-state index >= 15 is 0 Å². The lowest BCUT2D eigenvalue weighted by Crippen LogP contribution is -2.51. The second kappa shape index (κ2) is 7.79. The minimum Gasteiger partial charge on any atom is -0.395 e. The van der Waals surface area contributed by atoms with Gasteiger partial charge in [-0.25, -0.2) is 0 Å². The van der Waals surface area contributed by atoms with Crippen LogP contribution in [0.5, 0.6) is 0 Å². The van der Waals surface area contributed by atoms with Crippen molar-refractivity contribution in [1.82, 2.24) is 10.2 Å². The average Bonchev–Trinajstić information content (AvgIpc) is 2.87. The third kappa shape index (κ3) is 6.12. The molecular formula is C15H27F3N2O. The fourth-order valence-electron chi connectivity index (χ4n) is 3.80. The molecule has 0 radical (unpaired) electrons. The number of aliphatic hydroxyl groups excluding tert-OH is 1. The quantitative estimate of drug-likeness (QED) is 0.791. The van der Waals surface area contributed by atoms with Gasteiger partial charge in [-0.1, -0.05) is 12.8 Å². The third-order valence-corrected chi connectivity index (χ3v) is 4.72. The Morgan fingerprint density at radius 2 is 1.81 bits per heavy atom. The number of alkyl halides is 3. The van der Waals surface area contributed by atoms with Gasteiger partial charge in [0.15, 0.2) is 0 Å². The van der Waals surface area contributed by atoms with Crippen LogP contribution in [-0.2, 0) is 0 Å². The number of β-amino-alcohol motifs (C(OH)–C–C–N with tert-alkyl or cyclic N) is 1. The van der Waals surface area contributed by atoms with E-state index in [2.05, 4.69) is 5.32 Å². The fourth-order valence-corrected chi connectivity index (χ4v) is 3.80. The first kappa shape index (κ1) is 17.0. The molecule has 0 aromatic heterocycles. The molecule has 2 fully saturated rings. The van der Waals surface area contributed by atoms with Crippen LogP contribution >= 0.6 is 0 Å². The van der Waals surface area contributed by atoms with Crippen molar-refractivity contribution in [3.8, 4) is 0 Å². The molecule has 2 atom stereocenters. The van der Waals surface area contributed by atoms with E-state index in [0.29, 0.717) is 25.4 Å². The molecule has 0 aromatic rings. The Kier molecular flexibility index (Phi) is 6.32. The van der Waals surface area contributed by atoms with Crippen LogP contribution in [0.4, 0.5) is 13.2 Å². The van der Waals surface area contributed by atoms with E-state index in [0.717, 1.165) is 13.1 Å². The van der Waals surface area contributed by atoms with Crippen LogP contribution in [0.25, 0.3) is 0 Å². The standard InChI is InChI=1S/C15H27F3N2O/c16-15(17,18)8-13-7-14(11-20(10-13)5-6-21)19-9-12-3-1-2-4-12/h12-14,19,21H,1-11H2. The molecule has 1 saturated carbocycles. The summed E-state index contributed by atoms with van der Waals surface area (Å²) < 4.78 is 37.9. The molecule has 1 aliphatic heterocycles. The predicted molar refractivity (Wildman–Crippen MR) is 76.1 cm³/mol. The number of rotatable bonds is 6. The Morgan fingerprint density at radius 3 is 2.43 bits per heavy atom. The Bertz CT molecular complexity index is 306. The number of aliphatic hydroxyl groups is 1. The van der Waals surface area contributed by atoms with Crippen LogP contribution in [0, 0.1) is 11.8 Å². The monoisotopic (exact) mass is 308 g/mol. The molecule has 6 heteroatoms. The topological polar surface area (TPSA) is 35.5 Å². The Hall–Kier alpha value is -0.330. The summed E-state index contributed by atoms with van der Waals surface area (Å²) in [7, 11) is 0. The maximum atomic E-state index is 12.6. The molecule has 2 unspecified atom stereocenters. The van der Waals surface area contributed by atoms with Crippen molar-refractivity contribution in [2.24, 2.45) is 11.8 Å². The highest BCUT2D eigenvalue weighted by Crippen LogP contribution is 2.30. The third-order valence-electron chi connectivity index (χ3n) is 4.72. The number of likely N-dealkylation sites (tertiary alicyclic amines) is 1. The van der Waals surface area contributed by atoms with Crippen molar-refractivity contribution in [1.29, 1.82) is 0 Å². The highest BCUT2D eigenvalue weighted by molar-refractivity contribution is 4.85. The van der Waals surface area contributed by atoms with Crippen molar-refractivity contribution in [3.05, 3.63) is 0 Å². The van der Waals surface area contributed by atoms with Gasteiger partial charge in [-0.2, -0.15) is 13.2 Å². The first-order valence-electron chi connectivity index (χ1n) is 8.09. The summed E-state index contributed by atoms with van der Waals surface area (Å²) in [6, 6.07) is 0.123. The maximum Gasteiger partial charge on any atom is 0.389 e. The zero-order chi connectivity index (χ0) is 15.3. The molecule has 3 nitrogen and oxygen atoms in total. The normalized spacial score (nSPS) is 29.1. The molecule has 0 amide bonds. The SMILES string of the molecule is OCCN1CC(CC(F)(F)F)CC(NCC2CCCC2)C1. The van der Waals surface area contributed by atoms with Crippen LogP contribution in [0.2, 0.25) is 0 Å². The highest BCUT2D eigenvalue weighted by Gasteiger charge is 2.36. The van der Waals surface area contributed by atoms with Gasteiger partial charge in [0.2, 0.25) is 0 Å². The first-order chi connectivity index (χ1) is 9.96. The van der Waals surface area contributed by atoms with Crippen molar-refractivity contribution < 1.29 is 18.3 Å². The zero-order valence-corrected chi connectivity index (χ0v) is 12.5. The van der Waals surface area contributed by atoms with E-state index < -0.39 is 12.6 Å². The van der Waals surface area contributed by atoms with Gasteiger partial charge in [0.1, 0.15) is 0 Å². The zero-order valence-electron chi connectivity index (χ0n) is 12.5. The summed E-state index contributed by atoms with van der Waals surface area (Å²) in [5.41, 5.74) is 0. The van der Waals surface area contributed by atoms with Gasteiger partial charge in [0.25, 0.3) is 0 Å². The second-order valence-corrected chi connectivity index (χ2v) is 6.66. The van der Waals surface area contributed by atoms with Crippen molar-refractivity contribution in [2.75, 3.05) is 32.8 Å². The minimum atomic E-state index is -4.09. The Balaban J connectivity index is 1.83. The van der Waals surface area contributed by atoms with Crippen LogP contribution < -0.4 is 5.32 Å². The van der Waals surface area contributed by atoms with Gasteiger partial charge in [-0.15, -0.1) is 0 Å². The lowest BCUT2D eigenvalue weighted by Gasteiger charge is -2.38. The molecule has 1 aliphatic carbocycles. The van der Waals surface area contributed by atoms with Gasteiger partial charge in [0.05, 0.1) is 6.61 Å². The van der Waals surface area contributed by atoms with Crippen molar-refractivity contribution in [3.63, 3.8) is 0 Å². The molecule has 0 bridgehead atoms. The van der Waals surface area contributed by atoms with E-state index in [9.17, 15) is 13.2 Å². The molecular weight excluding hydrogens is 281 g/mol. The highest BCUT2D eigenvalue weighted by atomic mass is 19.4. The fraction of sp³-hybridized carbons (Fsp3) is 1.00. The minimum absolute atomic E-state index is 0.00802. The summed E-state index contributed by atoms with van der Waals surface area (Å²) in [6.07, 6.45) is 0.834. The number of hydrogen-bond acceptors (Lipinski definition) is 3. The van der Waals surface area contributed by atoms with Gasteiger partial charge in [-0.3, -0.25) is 4.90 Å². The molecule has 2 aliphatic rings. The van der Waals surface area contributed by atoms with Gasteiger partial charge in [-0.05, 0) is 37.6 Å². The van der Waals surface area contributed by atoms with Crippen molar-refractivity contribution in [2.45, 2.75) is 50.7 Å². The largest absolute Gasteiger partial charge is 0.395 e. The molecule has 2 N–H and O–H groups in total. The first-order valence-corrected chi connectivity index (χ1v) is 8.09. The maximum absolute atomic E-state index is 12.6. The van der Waals surface area contributed by atoms with Gasteiger partial charge < -0.3 is 10.4 Å². The van der Waals surface area contributed by atoms with Crippen LogP contribution in [0.3, 0.4) is 0 Å².